The molecule has 0 atom stereocenters. The van der Waals surface area contributed by atoms with E-state index >= 15 is 0 Å². The Labute approximate surface area is 77.5 Å². The molecule has 0 saturated carbocycles. The van der Waals surface area contributed by atoms with Crippen LogP contribution in [-0.2, 0) is 0 Å². The first-order chi connectivity index (χ1) is 4.70. The van der Waals surface area contributed by atoms with Gasteiger partial charge in [0.2, 0.25) is 3.79 Å². The highest BCUT2D eigenvalue weighted by atomic mass is 127. The van der Waals surface area contributed by atoms with Crippen molar-refractivity contribution in [1.82, 2.24) is 0 Å². The Hall–Kier alpha value is -0.0900. The van der Waals surface area contributed by atoms with Crippen LogP contribution in [-0.4, -0.2) is 3.79 Å². The molecule has 0 amide bonds. The minimum atomic E-state index is 0.0140. The third kappa shape index (κ3) is 1.95. The minimum absolute atomic E-state index is 0.0140. The van der Waals surface area contributed by atoms with E-state index in [9.17, 15) is 4.79 Å². The summed E-state index contributed by atoms with van der Waals surface area (Å²) in [6.45, 7) is 0. The number of carbonyl (C=O) groups excluding carboxylic acids is 1. The van der Waals surface area contributed by atoms with E-state index in [1.54, 1.807) is 46.9 Å². The van der Waals surface area contributed by atoms with Crippen LogP contribution in [0.2, 0.25) is 5.02 Å². The van der Waals surface area contributed by atoms with Crippen molar-refractivity contribution < 1.29 is 4.79 Å². The maximum absolute atomic E-state index is 10.7. The average molecular weight is 266 g/mol. The van der Waals surface area contributed by atoms with E-state index in [-0.39, 0.29) is 3.79 Å². The summed E-state index contributed by atoms with van der Waals surface area (Å²) in [5.41, 5.74) is 0.646. The first kappa shape index (κ1) is 8.01. The lowest BCUT2D eigenvalue weighted by atomic mass is 10.2. The highest BCUT2D eigenvalue weighted by Crippen LogP contribution is 2.12. The van der Waals surface area contributed by atoms with Crippen molar-refractivity contribution in [3.05, 3.63) is 34.9 Å². The smallest absolute Gasteiger partial charge is 0.222 e. The van der Waals surface area contributed by atoms with Gasteiger partial charge >= 0.3 is 0 Å². The monoisotopic (exact) mass is 266 g/mol. The Morgan fingerprint density at radius 1 is 1.50 bits per heavy atom. The summed E-state index contributed by atoms with van der Waals surface area (Å²) in [6, 6.07) is 6.88. The first-order valence-electron chi connectivity index (χ1n) is 2.65. The van der Waals surface area contributed by atoms with Gasteiger partial charge in [-0.3, -0.25) is 4.79 Å². The van der Waals surface area contributed by atoms with Crippen LogP contribution in [0.4, 0.5) is 0 Å². The number of halogens is 2. The SMILES string of the molecule is O=C(I)c1cccc(Cl)c1. The van der Waals surface area contributed by atoms with E-state index < -0.39 is 0 Å². The summed E-state index contributed by atoms with van der Waals surface area (Å²) < 4.78 is 0.0140. The molecule has 52 valence electrons. The molecule has 0 aliphatic carbocycles. The molecule has 0 aliphatic heterocycles. The van der Waals surface area contributed by atoms with Gasteiger partial charge in [0, 0.05) is 33.2 Å². The van der Waals surface area contributed by atoms with Crippen molar-refractivity contribution in [3.63, 3.8) is 0 Å². The Morgan fingerprint density at radius 3 is 2.60 bits per heavy atom. The Kier molecular flexibility index (Phi) is 2.68. The molecule has 1 rings (SSSR count). The maximum atomic E-state index is 10.7. The third-order valence-electron chi connectivity index (χ3n) is 1.05. The van der Waals surface area contributed by atoms with Gasteiger partial charge in [0.05, 0.1) is 0 Å². The lowest BCUT2D eigenvalue weighted by Crippen LogP contribution is -1.85. The predicted octanol–water partition coefficient (Wildman–Crippen LogP) is 2.92. The third-order valence-corrected chi connectivity index (χ3v) is 1.91. The molecule has 3 heteroatoms. The second-order valence-electron chi connectivity index (χ2n) is 1.78. The normalized spacial score (nSPS) is 9.40. The maximum Gasteiger partial charge on any atom is 0.222 e. The molecule has 0 bridgehead atoms. The second-order valence-corrected chi connectivity index (χ2v) is 3.20. The molecule has 0 aliphatic rings. The lowest BCUT2D eigenvalue weighted by Gasteiger charge is -1.92. The molecule has 1 aromatic carbocycles. The molecule has 0 spiro atoms. The molecular weight excluding hydrogens is 262 g/mol. The van der Waals surface area contributed by atoms with Gasteiger partial charge in [0.25, 0.3) is 0 Å². The summed E-state index contributed by atoms with van der Waals surface area (Å²) in [5.74, 6) is 0. The number of hydrogen-bond donors (Lipinski definition) is 0. The zero-order chi connectivity index (χ0) is 7.56. The highest BCUT2D eigenvalue weighted by Gasteiger charge is 1.98. The van der Waals surface area contributed by atoms with Crippen LogP contribution in [0, 0.1) is 0 Å². The van der Waals surface area contributed by atoms with E-state index in [1.165, 1.54) is 0 Å². The van der Waals surface area contributed by atoms with Crippen LogP contribution < -0.4 is 0 Å². The van der Waals surface area contributed by atoms with Gasteiger partial charge in [-0.1, -0.05) is 23.7 Å². The fourth-order valence-electron chi connectivity index (χ4n) is 0.611. The molecule has 0 fully saturated rings. The van der Waals surface area contributed by atoms with Gasteiger partial charge < -0.3 is 0 Å². The van der Waals surface area contributed by atoms with E-state index in [2.05, 4.69) is 0 Å². The van der Waals surface area contributed by atoms with E-state index in [0.29, 0.717) is 10.6 Å². The van der Waals surface area contributed by atoms with Crippen molar-refractivity contribution in [3.8, 4) is 0 Å². The van der Waals surface area contributed by atoms with Crippen LogP contribution in [0.1, 0.15) is 10.4 Å². The fraction of sp³-hybridized carbons (Fsp3) is 0. The molecule has 0 N–H and O–H groups in total. The number of benzene rings is 1. The van der Waals surface area contributed by atoms with Crippen LogP contribution in [0.3, 0.4) is 0 Å². The predicted molar refractivity (Wildman–Crippen MR) is 49.8 cm³/mol. The summed E-state index contributed by atoms with van der Waals surface area (Å²) in [5, 5.41) is 0.600. The van der Waals surface area contributed by atoms with E-state index in [4.69, 9.17) is 11.6 Å². The zero-order valence-corrected chi connectivity index (χ0v) is 7.89. The van der Waals surface area contributed by atoms with Gasteiger partial charge in [-0.2, -0.15) is 0 Å². The van der Waals surface area contributed by atoms with Crippen molar-refractivity contribution in [2.75, 3.05) is 0 Å². The molecular formula is C7H4ClIO. The molecule has 1 aromatic rings. The Balaban J connectivity index is 3.07. The number of hydrogen-bond acceptors (Lipinski definition) is 1. The second kappa shape index (κ2) is 3.34. The molecule has 0 saturated heterocycles. The largest absolute Gasteiger partial charge is 0.282 e. The summed E-state index contributed by atoms with van der Waals surface area (Å²) in [7, 11) is 0. The topological polar surface area (TPSA) is 17.1 Å². The van der Waals surface area contributed by atoms with E-state index in [0.717, 1.165) is 0 Å². The quantitative estimate of drug-likeness (QED) is 0.564. The first-order valence-corrected chi connectivity index (χ1v) is 4.11. The van der Waals surface area contributed by atoms with Crippen molar-refractivity contribution in [2.45, 2.75) is 0 Å². The summed E-state index contributed by atoms with van der Waals surface area (Å²) >= 11 is 7.36. The summed E-state index contributed by atoms with van der Waals surface area (Å²) in [4.78, 5) is 10.7. The molecule has 1 nitrogen and oxygen atoms in total. The minimum Gasteiger partial charge on any atom is -0.282 e. The van der Waals surface area contributed by atoms with Crippen LogP contribution in [0.25, 0.3) is 0 Å². The van der Waals surface area contributed by atoms with Crippen LogP contribution in [0.15, 0.2) is 24.3 Å². The van der Waals surface area contributed by atoms with Gasteiger partial charge in [-0.05, 0) is 12.1 Å². The highest BCUT2D eigenvalue weighted by molar-refractivity contribution is 14.1. The summed E-state index contributed by atoms with van der Waals surface area (Å²) in [6.07, 6.45) is 0. The number of carbonyl (C=O) groups is 1. The fourth-order valence-corrected chi connectivity index (χ4v) is 1.14. The zero-order valence-electron chi connectivity index (χ0n) is 4.97. The standard InChI is InChI=1S/C7H4ClIO/c8-6-3-1-2-5(4-6)7(9)10/h1-4H. The Morgan fingerprint density at radius 2 is 2.20 bits per heavy atom. The average Bonchev–Trinajstić information content (AvgIpc) is 1.88. The van der Waals surface area contributed by atoms with Crippen LogP contribution >= 0.6 is 34.2 Å². The number of rotatable bonds is 1. The van der Waals surface area contributed by atoms with Crippen molar-refractivity contribution in [1.29, 1.82) is 0 Å². The van der Waals surface area contributed by atoms with Crippen molar-refractivity contribution >= 4 is 38.0 Å². The van der Waals surface area contributed by atoms with Gasteiger partial charge in [0.15, 0.2) is 0 Å². The molecule has 0 radical (unpaired) electrons. The molecule has 0 unspecified atom stereocenters. The van der Waals surface area contributed by atoms with Gasteiger partial charge in [0.1, 0.15) is 0 Å². The van der Waals surface area contributed by atoms with E-state index in [1.807, 2.05) is 0 Å². The molecule has 0 aromatic heterocycles. The molecule has 10 heavy (non-hydrogen) atoms. The Bertz CT molecular complexity index is 260. The molecule has 0 heterocycles. The van der Waals surface area contributed by atoms with Crippen molar-refractivity contribution in [2.24, 2.45) is 0 Å². The van der Waals surface area contributed by atoms with Gasteiger partial charge in [-0.15, -0.1) is 0 Å². The van der Waals surface area contributed by atoms with Crippen LogP contribution in [0.5, 0.6) is 0 Å². The van der Waals surface area contributed by atoms with Gasteiger partial charge in [-0.25, -0.2) is 0 Å². The lowest BCUT2D eigenvalue weighted by molar-refractivity contribution is 0.110.